The largest absolute Gasteiger partial charge is 0.480 e. The minimum absolute atomic E-state index is 0.267. The zero-order chi connectivity index (χ0) is 15.5. The fraction of sp³-hybridized carbons (Fsp3) is 0.429. The van der Waals surface area contributed by atoms with Gasteiger partial charge in [-0.2, -0.15) is 0 Å². The van der Waals surface area contributed by atoms with E-state index < -0.39 is 29.3 Å². The van der Waals surface area contributed by atoms with Crippen molar-refractivity contribution in [2.75, 3.05) is 5.32 Å². The number of rotatable bonds is 3. The second-order valence-corrected chi connectivity index (χ2v) is 5.70. The molecule has 0 spiro atoms. The molecular formula is C14H19FN2O3. The number of anilines is 1. The molecule has 0 saturated carbocycles. The molecule has 0 fully saturated rings. The summed E-state index contributed by atoms with van der Waals surface area (Å²) in [6.07, 6.45) is 0. The van der Waals surface area contributed by atoms with Crippen LogP contribution in [0.25, 0.3) is 0 Å². The highest BCUT2D eigenvalue weighted by Crippen LogP contribution is 2.20. The molecule has 0 aliphatic heterocycles. The number of urea groups is 1. The first-order chi connectivity index (χ1) is 9.11. The molecule has 1 aromatic carbocycles. The van der Waals surface area contributed by atoms with E-state index in [1.54, 1.807) is 33.8 Å². The van der Waals surface area contributed by atoms with Gasteiger partial charge in [-0.1, -0.05) is 26.8 Å². The van der Waals surface area contributed by atoms with Crippen LogP contribution in [0.2, 0.25) is 0 Å². The number of benzene rings is 1. The summed E-state index contributed by atoms with van der Waals surface area (Å²) in [4.78, 5) is 22.9. The van der Waals surface area contributed by atoms with Crippen LogP contribution in [-0.2, 0) is 4.79 Å². The van der Waals surface area contributed by atoms with Crippen LogP contribution < -0.4 is 10.6 Å². The van der Waals surface area contributed by atoms with Crippen LogP contribution in [0.1, 0.15) is 26.3 Å². The van der Waals surface area contributed by atoms with Gasteiger partial charge in [0.25, 0.3) is 0 Å². The number of halogens is 1. The molecule has 110 valence electrons. The molecule has 0 aliphatic rings. The van der Waals surface area contributed by atoms with Gasteiger partial charge in [0.15, 0.2) is 0 Å². The van der Waals surface area contributed by atoms with Crippen molar-refractivity contribution in [3.05, 3.63) is 29.6 Å². The molecule has 0 saturated heterocycles. The second-order valence-electron chi connectivity index (χ2n) is 5.70. The number of nitrogens with one attached hydrogen (secondary N) is 2. The van der Waals surface area contributed by atoms with Crippen molar-refractivity contribution in [2.45, 2.75) is 33.7 Å². The lowest BCUT2D eigenvalue weighted by atomic mass is 9.87. The molecule has 5 nitrogen and oxygen atoms in total. The van der Waals surface area contributed by atoms with Gasteiger partial charge in [-0.3, -0.25) is 0 Å². The lowest BCUT2D eigenvalue weighted by Gasteiger charge is -2.27. The molecule has 1 aromatic rings. The summed E-state index contributed by atoms with van der Waals surface area (Å²) in [7, 11) is 0. The highest BCUT2D eigenvalue weighted by atomic mass is 19.1. The number of carbonyl (C=O) groups is 2. The Kier molecular flexibility index (Phi) is 4.70. The maximum Gasteiger partial charge on any atom is 0.326 e. The van der Waals surface area contributed by atoms with Gasteiger partial charge in [-0.25, -0.2) is 14.0 Å². The van der Waals surface area contributed by atoms with E-state index in [4.69, 9.17) is 5.11 Å². The summed E-state index contributed by atoms with van der Waals surface area (Å²) < 4.78 is 13.3. The van der Waals surface area contributed by atoms with E-state index in [1.165, 1.54) is 12.1 Å². The van der Waals surface area contributed by atoms with E-state index in [0.717, 1.165) is 0 Å². The van der Waals surface area contributed by atoms with Gasteiger partial charge in [0, 0.05) is 5.69 Å². The van der Waals surface area contributed by atoms with Gasteiger partial charge >= 0.3 is 12.0 Å². The van der Waals surface area contributed by atoms with E-state index >= 15 is 0 Å². The number of carbonyl (C=O) groups excluding carboxylic acids is 1. The number of hydrogen-bond donors (Lipinski definition) is 3. The van der Waals surface area contributed by atoms with Crippen molar-refractivity contribution >= 4 is 17.7 Å². The highest BCUT2D eigenvalue weighted by molar-refractivity contribution is 5.92. The first-order valence-electron chi connectivity index (χ1n) is 6.17. The van der Waals surface area contributed by atoms with Crippen LogP contribution in [-0.4, -0.2) is 23.1 Å². The highest BCUT2D eigenvalue weighted by Gasteiger charge is 2.32. The third kappa shape index (κ3) is 4.22. The van der Waals surface area contributed by atoms with E-state index in [9.17, 15) is 14.0 Å². The lowest BCUT2D eigenvalue weighted by Crippen LogP contribution is -2.50. The predicted octanol–water partition coefficient (Wildman–Crippen LogP) is 2.75. The van der Waals surface area contributed by atoms with E-state index in [1.807, 2.05) is 0 Å². The maximum absolute atomic E-state index is 13.3. The summed E-state index contributed by atoms with van der Waals surface area (Å²) in [5, 5.41) is 13.9. The molecule has 20 heavy (non-hydrogen) atoms. The van der Waals surface area contributed by atoms with Crippen molar-refractivity contribution in [1.82, 2.24) is 5.32 Å². The second kappa shape index (κ2) is 5.90. The minimum Gasteiger partial charge on any atom is -0.480 e. The predicted molar refractivity (Wildman–Crippen MR) is 74.2 cm³/mol. The number of carboxylic acid groups (broad SMARTS) is 1. The number of carboxylic acids is 1. The quantitative estimate of drug-likeness (QED) is 0.797. The first-order valence-corrected chi connectivity index (χ1v) is 6.17. The Labute approximate surface area is 117 Å². The van der Waals surface area contributed by atoms with Crippen molar-refractivity contribution in [2.24, 2.45) is 5.41 Å². The van der Waals surface area contributed by atoms with Gasteiger partial charge < -0.3 is 15.7 Å². The molecule has 0 unspecified atom stereocenters. The Balaban J connectivity index is 2.76. The Morgan fingerprint density at radius 2 is 1.90 bits per heavy atom. The van der Waals surface area contributed by atoms with Crippen molar-refractivity contribution < 1.29 is 19.1 Å². The average molecular weight is 282 g/mol. The van der Waals surface area contributed by atoms with Gasteiger partial charge in [0.2, 0.25) is 0 Å². The number of hydrogen-bond acceptors (Lipinski definition) is 2. The summed E-state index contributed by atoms with van der Waals surface area (Å²) in [5.74, 6) is -1.56. The van der Waals surface area contributed by atoms with E-state index in [2.05, 4.69) is 10.6 Å². The molecule has 6 heteroatoms. The first kappa shape index (κ1) is 15.9. The standard InChI is InChI=1S/C14H19FN2O3/c1-8-5-6-9(7-10(8)15)16-13(20)17-11(12(18)19)14(2,3)4/h5-7,11H,1-4H3,(H,18,19)(H2,16,17,20)/t11-/m0/s1. The minimum atomic E-state index is -1.12. The Morgan fingerprint density at radius 1 is 1.30 bits per heavy atom. The van der Waals surface area contributed by atoms with Gasteiger partial charge in [0.1, 0.15) is 11.9 Å². The van der Waals surface area contributed by atoms with Gasteiger partial charge in [-0.05, 0) is 30.0 Å². The smallest absolute Gasteiger partial charge is 0.326 e. The fourth-order valence-electron chi connectivity index (χ4n) is 1.62. The zero-order valence-corrected chi connectivity index (χ0v) is 12.0. The molecular weight excluding hydrogens is 263 g/mol. The normalized spacial score (nSPS) is 12.7. The zero-order valence-electron chi connectivity index (χ0n) is 12.0. The van der Waals surface area contributed by atoms with Crippen LogP contribution in [0.15, 0.2) is 18.2 Å². The molecule has 2 amide bonds. The maximum atomic E-state index is 13.3. The van der Waals surface area contributed by atoms with Crippen LogP contribution in [0.3, 0.4) is 0 Å². The Hall–Kier alpha value is -2.11. The molecule has 3 N–H and O–H groups in total. The van der Waals surface area contributed by atoms with E-state index in [-0.39, 0.29) is 5.69 Å². The molecule has 1 rings (SSSR count). The van der Waals surface area contributed by atoms with Crippen molar-refractivity contribution in [3.63, 3.8) is 0 Å². The molecule has 0 heterocycles. The van der Waals surface area contributed by atoms with Crippen LogP contribution in [0.4, 0.5) is 14.9 Å². The molecule has 0 aliphatic carbocycles. The monoisotopic (exact) mass is 282 g/mol. The number of aliphatic carboxylic acids is 1. The summed E-state index contributed by atoms with van der Waals surface area (Å²) in [6.45, 7) is 6.73. The van der Waals surface area contributed by atoms with Crippen LogP contribution >= 0.6 is 0 Å². The summed E-state index contributed by atoms with van der Waals surface area (Å²) >= 11 is 0. The third-order valence-corrected chi connectivity index (χ3v) is 2.82. The fourth-order valence-corrected chi connectivity index (χ4v) is 1.62. The topological polar surface area (TPSA) is 78.4 Å². The van der Waals surface area contributed by atoms with Crippen molar-refractivity contribution in [3.8, 4) is 0 Å². The molecule has 0 bridgehead atoms. The SMILES string of the molecule is Cc1ccc(NC(=O)N[C@@H](C(=O)O)C(C)(C)C)cc1F. The number of amides is 2. The Morgan fingerprint density at radius 3 is 2.35 bits per heavy atom. The average Bonchev–Trinajstić information content (AvgIpc) is 2.29. The summed E-state index contributed by atoms with van der Waals surface area (Å²) in [6, 6.07) is 2.53. The summed E-state index contributed by atoms with van der Waals surface area (Å²) in [5.41, 5.74) is 0.0968. The van der Waals surface area contributed by atoms with Crippen molar-refractivity contribution in [1.29, 1.82) is 0 Å². The van der Waals surface area contributed by atoms with Gasteiger partial charge in [-0.15, -0.1) is 0 Å². The van der Waals surface area contributed by atoms with Gasteiger partial charge in [0.05, 0.1) is 0 Å². The molecule has 1 atom stereocenters. The third-order valence-electron chi connectivity index (χ3n) is 2.82. The molecule has 0 radical (unpaired) electrons. The lowest BCUT2D eigenvalue weighted by molar-refractivity contribution is -0.141. The number of aryl methyl sites for hydroxylation is 1. The molecule has 0 aromatic heterocycles. The Bertz CT molecular complexity index is 524. The van der Waals surface area contributed by atoms with E-state index in [0.29, 0.717) is 5.56 Å². The van der Waals surface area contributed by atoms with Crippen LogP contribution in [0, 0.1) is 18.2 Å². The van der Waals surface area contributed by atoms with Crippen LogP contribution in [0.5, 0.6) is 0 Å².